The minimum atomic E-state index is 0.378. The first-order valence-electron chi connectivity index (χ1n) is 5.85. The van der Waals surface area contributed by atoms with Gasteiger partial charge in [0.05, 0.1) is 0 Å². The number of benzene rings is 1. The molecule has 2 N–H and O–H groups in total. The van der Waals surface area contributed by atoms with Gasteiger partial charge in [-0.1, -0.05) is 17.7 Å². The van der Waals surface area contributed by atoms with Gasteiger partial charge in [0.15, 0.2) is 0 Å². The summed E-state index contributed by atoms with van der Waals surface area (Å²) < 4.78 is 0. The second-order valence-corrected chi connectivity index (χ2v) is 5.87. The van der Waals surface area contributed by atoms with Crippen molar-refractivity contribution in [2.75, 3.05) is 12.8 Å². The van der Waals surface area contributed by atoms with Crippen LogP contribution >= 0.6 is 22.9 Å². The summed E-state index contributed by atoms with van der Waals surface area (Å²) >= 11 is 7.79. The van der Waals surface area contributed by atoms with Crippen molar-refractivity contribution in [2.45, 2.75) is 19.5 Å². The van der Waals surface area contributed by atoms with Crippen molar-refractivity contribution in [1.29, 1.82) is 0 Å². The molecule has 2 nitrogen and oxygen atoms in total. The molecule has 0 aliphatic heterocycles. The summed E-state index contributed by atoms with van der Waals surface area (Å²) in [5, 5.41) is 2.84. The maximum absolute atomic E-state index is 6.01. The second kappa shape index (κ2) is 5.74. The van der Waals surface area contributed by atoms with Crippen LogP contribution in [0.2, 0.25) is 5.02 Å². The molecule has 0 aliphatic rings. The van der Waals surface area contributed by atoms with Gasteiger partial charge in [0.25, 0.3) is 0 Å². The van der Waals surface area contributed by atoms with E-state index in [4.69, 9.17) is 17.3 Å². The zero-order chi connectivity index (χ0) is 13.1. The van der Waals surface area contributed by atoms with Crippen LogP contribution in [-0.4, -0.2) is 11.9 Å². The largest absolute Gasteiger partial charge is 0.398 e. The first-order valence-corrected chi connectivity index (χ1v) is 7.11. The lowest BCUT2D eigenvalue weighted by Crippen LogP contribution is -2.21. The minimum absolute atomic E-state index is 0.378. The van der Waals surface area contributed by atoms with Crippen molar-refractivity contribution in [2.24, 2.45) is 0 Å². The standard InChI is InChI=1S/C14H17ClN2S/c1-10(14-4-3-7-18-14)17(2)9-11-8-12(15)5-6-13(11)16/h3-8,10H,9,16H2,1-2H3. The molecule has 1 heterocycles. The zero-order valence-corrected chi connectivity index (χ0v) is 12.1. The molecule has 0 aliphatic carbocycles. The van der Waals surface area contributed by atoms with E-state index in [2.05, 4.69) is 36.4 Å². The Hall–Kier alpha value is -1.03. The first kappa shape index (κ1) is 13.4. The molecular weight excluding hydrogens is 264 g/mol. The summed E-state index contributed by atoms with van der Waals surface area (Å²) in [7, 11) is 2.10. The number of halogens is 1. The monoisotopic (exact) mass is 280 g/mol. The zero-order valence-electron chi connectivity index (χ0n) is 10.6. The van der Waals surface area contributed by atoms with E-state index in [0.717, 1.165) is 22.8 Å². The van der Waals surface area contributed by atoms with E-state index in [1.54, 1.807) is 11.3 Å². The number of nitrogens with two attached hydrogens (primary N) is 1. The van der Waals surface area contributed by atoms with Crippen LogP contribution in [-0.2, 0) is 6.54 Å². The van der Waals surface area contributed by atoms with E-state index in [1.165, 1.54) is 4.88 Å². The van der Waals surface area contributed by atoms with Crippen LogP contribution in [0.25, 0.3) is 0 Å². The van der Waals surface area contributed by atoms with Crippen LogP contribution in [0.15, 0.2) is 35.7 Å². The Labute approximate surface area is 117 Å². The van der Waals surface area contributed by atoms with E-state index in [-0.39, 0.29) is 0 Å². The van der Waals surface area contributed by atoms with Gasteiger partial charge in [-0.2, -0.15) is 0 Å². The molecule has 1 aromatic heterocycles. The van der Waals surface area contributed by atoms with Crippen molar-refractivity contribution in [1.82, 2.24) is 4.90 Å². The highest BCUT2D eigenvalue weighted by atomic mass is 35.5. The van der Waals surface area contributed by atoms with Crippen LogP contribution in [0.5, 0.6) is 0 Å². The highest BCUT2D eigenvalue weighted by molar-refractivity contribution is 7.10. The van der Waals surface area contributed by atoms with Gasteiger partial charge in [-0.3, -0.25) is 4.90 Å². The number of nitrogens with zero attached hydrogens (tertiary/aromatic N) is 1. The second-order valence-electron chi connectivity index (χ2n) is 4.45. The molecular formula is C14H17ClN2S. The molecule has 0 radical (unpaired) electrons. The SMILES string of the molecule is CC(c1cccs1)N(C)Cc1cc(Cl)ccc1N. The Balaban J connectivity index is 2.11. The number of hydrogen-bond donors (Lipinski definition) is 1. The summed E-state index contributed by atoms with van der Waals surface area (Å²) in [6.45, 7) is 3.00. The average molecular weight is 281 g/mol. The predicted octanol–water partition coefficient (Wildman–Crippen LogP) is 4.18. The van der Waals surface area contributed by atoms with Crippen molar-refractivity contribution >= 4 is 28.6 Å². The lowest BCUT2D eigenvalue weighted by molar-refractivity contribution is 0.257. The number of rotatable bonds is 4. The van der Waals surface area contributed by atoms with Crippen LogP contribution in [0.3, 0.4) is 0 Å². The van der Waals surface area contributed by atoms with E-state index < -0.39 is 0 Å². The molecule has 0 bridgehead atoms. The fourth-order valence-corrected chi connectivity index (χ4v) is 2.91. The first-order chi connectivity index (χ1) is 8.58. The molecule has 0 saturated carbocycles. The fraction of sp³-hybridized carbons (Fsp3) is 0.286. The molecule has 0 spiro atoms. The van der Waals surface area contributed by atoms with Gasteiger partial charge in [-0.05, 0) is 49.2 Å². The summed E-state index contributed by atoms with van der Waals surface area (Å²) in [4.78, 5) is 3.63. The number of nitrogen functional groups attached to an aromatic ring is 1. The maximum Gasteiger partial charge on any atom is 0.0413 e. The summed E-state index contributed by atoms with van der Waals surface area (Å²) in [5.74, 6) is 0. The van der Waals surface area contributed by atoms with Crippen molar-refractivity contribution in [3.05, 3.63) is 51.2 Å². The molecule has 18 heavy (non-hydrogen) atoms. The Kier molecular flexibility index (Phi) is 4.27. The Bertz CT molecular complexity index is 511. The van der Waals surface area contributed by atoms with E-state index in [9.17, 15) is 0 Å². The van der Waals surface area contributed by atoms with Gasteiger partial charge >= 0.3 is 0 Å². The van der Waals surface area contributed by atoms with Crippen LogP contribution in [0, 0.1) is 0 Å². The predicted molar refractivity (Wildman–Crippen MR) is 80.1 cm³/mol. The summed E-state index contributed by atoms with van der Waals surface area (Å²) in [6, 6.07) is 10.2. The molecule has 0 fully saturated rings. The molecule has 4 heteroatoms. The molecule has 0 saturated heterocycles. The van der Waals surface area contributed by atoms with Gasteiger partial charge in [0.1, 0.15) is 0 Å². The molecule has 96 valence electrons. The number of anilines is 1. The normalized spacial score (nSPS) is 12.9. The number of thiophene rings is 1. The Morgan fingerprint density at radius 1 is 1.39 bits per heavy atom. The van der Waals surface area contributed by atoms with Crippen LogP contribution in [0.1, 0.15) is 23.4 Å². The van der Waals surface area contributed by atoms with E-state index in [0.29, 0.717) is 6.04 Å². The van der Waals surface area contributed by atoms with Crippen molar-refractivity contribution in [3.63, 3.8) is 0 Å². The van der Waals surface area contributed by atoms with Gasteiger partial charge in [-0.15, -0.1) is 11.3 Å². The lowest BCUT2D eigenvalue weighted by atomic mass is 10.1. The molecule has 0 amide bonds. The van der Waals surface area contributed by atoms with Gasteiger partial charge in [0, 0.05) is 28.2 Å². The van der Waals surface area contributed by atoms with E-state index in [1.807, 2.05) is 18.2 Å². The van der Waals surface area contributed by atoms with Crippen LogP contribution in [0.4, 0.5) is 5.69 Å². The third kappa shape index (κ3) is 3.05. The molecule has 1 atom stereocenters. The minimum Gasteiger partial charge on any atom is -0.398 e. The third-order valence-corrected chi connectivity index (χ3v) is 4.42. The quantitative estimate of drug-likeness (QED) is 0.852. The highest BCUT2D eigenvalue weighted by Crippen LogP contribution is 2.26. The highest BCUT2D eigenvalue weighted by Gasteiger charge is 2.14. The molecule has 1 unspecified atom stereocenters. The Morgan fingerprint density at radius 2 is 2.17 bits per heavy atom. The maximum atomic E-state index is 6.01. The topological polar surface area (TPSA) is 29.3 Å². The van der Waals surface area contributed by atoms with Crippen molar-refractivity contribution < 1.29 is 0 Å². The van der Waals surface area contributed by atoms with Gasteiger partial charge < -0.3 is 5.73 Å². The van der Waals surface area contributed by atoms with Crippen LogP contribution < -0.4 is 5.73 Å². The van der Waals surface area contributed by atoms with Gasteiger partial charge in [0.2, 0.25) is 0 Å². The van der Waals surface area contributed by atoms with Gasteiger partial charge in [-0.25, -0.2) is 0 Å². The fourth-order valence-electron chi connectivity index (χ4n) is 1.86. The molecule has 1 aromatic carbocycles. The van der Waals surface area contributed by atoms with Crippen molar-refractivity contribution in [3.8, 4) is 0 Å². The summed E-state index contributed by atoms with van der Waals surface area (Å²) in [6.07, 6.45) is 0. The average Bonchev–Trinajstić information content (AvgIpc) is 2.86. The Morgan fingerprint density at radius 3 is 2.83 bits per heavy atom. The smallest absolute Gasteiger partial charge is 0.0413 e. The molecule has 2 aromatic rings. The lowest BCUT2D eigenvalue weighted by Gasteiger charge is -2.24. The molecule has 2 rings (SSSR count). The number of hydrogen-bond acceptors (Lipinski definition) is 3. The summed E-state index contributed by atoms with van der Waals surface area (Å²) in [5.41, 5.74) is 7.85. The van der Waals surface area contributed by atoms with E-state index >= 15 is 0 Å². The third-order valence-electron chi connectivity index (χ3n) is 3.14.